The second-order valence-electron chi connectivity index (χ2n) is 4.56. The van der Waals surface area contributed by atoms with Crippen molar-refractivity contribution in [3.05, 3.63) is 18.0 Å². The molecule has 114 valence electrons. The summed E-state index contributed by atoms with van der Waals surface area (Å²) < 4.78 is 29.1. The lowest BCUT2D eigenvalue weighted by atomic mass is 10.2. The van der Waals surface area contributed by atoms with Crippen LogP contribution in [0, 0.1) is 5.92 Å². The Balaban J connectivity index is 2.85. The Labute approximate surface area is 123 Å². The normalized spacial score (nSPS) is 13.2. The first-order valence-electron chi connectivity index (χ1n) is 6.21. The molecule has 1 heterocycles. The summed E-state index contributed by atoms with van der Waals surface area (Å²) in [6, 6.07) is 1.28. The fourth-order valence-corrected chi connectivity index (χ4v) is 2.53. The summed E-state index contributed by atoms with van der Waals surface area (Å²) in [5.41, 5.74) is 0.274. The highest BCUT2D eigenvalue weighted by Gasteiger charge is 2.19. The van der Waals surface area contributed by atoms with E-state index in [0.717, 1.165) is 0 Å². The number of methoxy groups -OCH3 is 1. The molecule has 20 heavy (non-hydrogen) atoms. The quantitative estimate of drug-likeness (QED) is 0.771. The predicted octanol–water partition coefficient (Wildman–Crippen LogP) is 1.45. The van der Waals surface area contributed by atoms with Crippen molar-refractivity contribution in [3.63, 3.8) is 0 Å². The van der Waals surface area contributed by atoms with Gasteiger partial charge in [0.25, 0.3) is 15.0 Å². The van der Waals surface area contributed by atoms with Crippen molar-refractivity contribution in [2.75, 3.05) is 20.3 Å². The maximum Gasteiger partial charge on any atom is 0.267 e. The molecule has 6 nitrogen and oxygen atoms in total. The van der Waals surface area contributed by atoms with Gasteiger partial charge in [-0.25, -0.2) is 8.42 Å². The molecule has 8 heteroatoms. The van der Waals surface area contributed by atoms with Crippen molar-refractivity contribution in [2.45, 2.75) is 25.3 Å². The van der Waals surface area contributed by atoms with Crippen molar-refractivity contribution in [1.82, 2.24) is 9.88 Å². The van der Waals surface area contributed by atoms with Crippen LogP contribution >= 0.6 is 10.7 Å². The number of nitrogens with zero attached hydrogens (tertiary/aromatic N) is 1. The van der Waals surface area contributed by atoms with Gasteiger partial charge in [0.05, 0.1) is 6.61 Å². The maximum absolute atomic E-state index is 12.1. The number of aryl methyl sites for hydroxylation is 1. The summed E-state index contributed by atoms with van der Waals surface area (Å²) in [7, 11) is 3.04. The minimum Gasteiger partial charge on any atom is -0.384 e. The summed E-state index contributed by atoms with van der Waals surface area (Å²) in [5.74, 6) is -0.161. The van der Waals surface area contributed by atoms with Gasteiger partial charge in [-0.2, -0.15) is 0 Å². The van der Waals surface area contributed by atoms with Gasteiger partial charge < -0.3 is 14.6 Å². The molecular weight excluding hydrogens is 304 g/mol. The largest absolute Gasteiger partial charge is 0.384 e. The van der Waals surface area contributed by atoms with Crippen LogP contribution in [0.2, 0.25) is 0 Å². The third-order valence-corrected chi connectivity index (χ3v) is 4.11. The van der Waals surface area contributed by atoms with Crippen LogP contribution in [0.3, 0.4) is 0 Å². The molecule has 0 aliphatic heterocycles. The number of hydrogen-bond acceptors (Lipinski definition) is 4. The van der Waals surface area contributed by atoms with Gasteiger partial charge in [0, 0.05) is 37.1 Å². The van der Waals surface area contributed by atoms with Gasteiger partial charge in [0.1, 0.15) is 10.6 Å². The summed E-state index contributed by atoms with van der Waals surface area (Å²) in [4.78, 5) is 12.0. The summed E-state index contributed by atoms with van der Waals surface area (Å²) >= 11 is 0. The van der Waals surface area contributed by atoms with Crippen molar-refractivity contribution in [3.8, 4) is 0 Å². The van der Waals surface area contributed by atoms with Crippen LogP contribution in [0.4, 0.5) is 0 Å². The number of carbonyl (C=O) groups excluding carboxylic acids is 1. The molecule has 1 unspecified atom stereocenters. The number of rotatable bonds is 7. The first-order chi connectivity index (χ1) is 9.29. The molecular formula is C12H19ClN2O4S. The van der Waals surface area contributed by atoms with Gasteiger partial charge in [-0.3, -0.25) is 4.79 Å². The summed E-state index contributed by atoms with van der Waals surface area (Å²) in [6.07, 6.45) is 1.36. The van der Waals surface area contributed by atoms with Crippen LogP contribution in [0.5, 0.6) is 0 Å². The smallest absolute Gasteiger partial charge is 0.267 e. The van der Waals surface area contributed by atoms with Gasteiger partial charge in [0.15, 0.2) is 0 Å². The van der Waals surface area contributed by atoms with Crippen molar-refractivity contribution < 1.29 is 17.9 Å². The fraction of sp³-hybridized carbons (Fsp3) is 0.583. The number of nitrogens with one attached hydrogen (secondary N) is 1. The number of aromatic nitrogens is 1. The highest BCUT2D eigenvalue weighted by molar-refractivity contribution is 8.13. The molecule has 1 N–H and O–H groups in total. The average Bonchev–Trinajstić information content (AvgIpc) is 2.80. The van der Waals surface area contributed by atoms with E-state index in [0.29, 0.717) is 19.7 Å². The molecule has 1 aromatic heterocycles. The van der Waals surface area contributed by atoms with E-state index < -0.39 is 9.05 Å². The monoisotopic (exact) mass is 322 g/mol. The zero-order valence-corrected chi connectivity index (χ0v) is 13.3. The lowest BCUT2D eigenvalue weighted by Crippen LogP contribution is -2.31. The van der Waals surface area contributed by atoms with Gasteiger partial charge in [0.2, 0.25) is 0 Å². The standard InChI is InChI=1S/C12H19ClN2O4S/c1-4-15-7-10(20(13,17)18)5-11(15)12(16)14-6-9(2)8-19-3/h5,7,9H,4,6,8H2,1-3H3,(H,14,16). The van der Waals surface area contributed by atoms with Gasteiger partial charge in [-0.15, -0.1) is 0 Å². The topological polar surface area (TPSA) is 77.4 Å². The predicted molar refractivity (Wildman–Crippen MR) is 76.5 cm³/mol. The Hall–Kier alpha value is -1.05. The Morgan fingerprint density at radius 2 is 2.20 bits per heavy atom. The van der Waals surface area contributed by atoms with Gasteiger partial charge >= 0.3 is 0 Å². The molecule has 1 amide bonds. The first kappa shape index (κ1) is 17.0. The average molecular weight is 323 g/mol. The Morgan fingerprint density at radius 3 is 2.70 bits per heavy atom. The number of carbonyl (C=O) groups is 1. The van der Waals surface area contributed by atoms with E-state index in [1.807, 2.05) is 13.8 Å². The molecule has 0 aliphatic carbocycles. The van der Waals surface area contributed by atoms with Crippen LogP contribution in [-0.4, -0.2) is 39.2 Å². The highest BCUT2D eigenvalue weighted by atomic mass is 35.7. The molecule has 0 bridgehead atoms. The number of amides is 1. The van der Waals surface area contributed by atoms with E-state index in [9.17, 15) is 13.2 Å². The number of halogens is 1. The second-order valence-corrected chi connectivity index (χ2v) is 7.12. The van der Waals surface area contributed by atoms with Crippen molar-refractivity contribution >= 4 is 25.6 Å². The van der Waals surface area contributed by atoms with Crippen LogP contribution < -0.4 is 5.32 Å². The lowest BCUT2D eigenvalue weighted by molar-refractivity contribution is 0.0925. The number of hydrogen-bond donors (Lipinski definition) is 1. The zero-order chi connectivity index (χ0) is 15.3. The van der Waals surface area contributed by atoms with Gasteiger partial charge in [-0.05, 0) is 18.9 Å². The van der Waals surface area contributed by atoms with E-state index in [4.69, 9.17) is 15.4 Å². The van der Waals surface area contributed by atoms with Crippen LogP contribution in [0.15, 0.2) is 17.2 Å². The molecule has 0 spiro atoms. The highest BCUT2D eigenvalue weighted by Crippen LogP contribution is 2.18. The maximum atomic E-state index is 12.1. The molecule has 0 saturated heterocycles. The molecule has 1 aromatic rings. The second kappa shape index (κ2) is 7.10. The number of ether oxygens (including phenoxy) is 1. The van der Waals surface area contributed by atoms with Crippen LogP contribution in [0.25, 0.3) is 0 Å². The first-order valence-corrected chi connectivity index (χ1v) is 8.52. The lowest BCUT2D eigenvalue weighted by Gasteiger charge is -2.12. The summed E-state index contributed by atoms with van der Waals surface area (Å²) in [5, 5.41) is 2.75. The van der Waals surface area contributed by atoms with E-state index in [2.05, 4.69) is 5.32 Å². The SMILES string of the molecule is CCn1cc(S(=O)(=O)Cl)cc1C(=O)NCC(C)COC. The van der Waals surface area contributed by atoms with E-state index in [1.54, 1.807) is 11.7 Å². The van der Waals surface area contributed by atoms with E-state index in [-0.39, 0.29) is 22.4 Å². The Morgan fingerprint density at radius 1 is 1.55 bits per heavy atom. The van der Waals surface area contributed by atoms with E-state index in [1.165, 1.54) is 12.3 Å². The van der Waals surface area contributed by atoms with Crippen molar-refractivity contribution in [2.24, 2.45) is 5.92 Å². The van der Waals surface area contributed by atoms with Crippen LogP contribution in [0.1, 0.15) is 24.3 Å². The fourth-order valence-electron chi connectivity index (χ4n) is 1.77. The van der Waals surface area contributed by atoms with Crippen molar-refractivity contribution in [1.29, 1.82) is 0 Å². The molecule has 0 saturated carbocycles. The molecule has 0 radical (unpaired) electrons. The zero-order valence-electron chi connectivity index (χ0n) is 11.7. The molecule has 1 rings (SSSR count). The Kier molecular flexibility index (Phi) is 6.04. The molecule has 0 fully saturated rings. The molecule has 0 aliphatic rings. The molecule has 1 atom stereocenters. The van der Waals surface area contributed by atoms with E-state index >= 15 is 0 Å². The molecule has 0 aromatic carbocycles. The third kappa shape index (κ3) is 4.50. The third-order valence-electron chi connectivity index (χ3n) is 2.79. The summed E-state index contributed by atoms with van der Waals surface area (Å²) in [6.45, 7) is 5.22. The Bertz CT molecular complexity index is 568. The van der Waals surface area contributed by atoms with Crippen LogP contribution in [-0.2, 0) is 20.3 Å². The minimum atomic E-state index is -3.84. The minimum absolute atomic E-state index is 0.0730. The van der Waals surface area contributed by atoms with Gasteiger partial charge in [-0.1, -0.05) is 6.92 Å².